The van der Waals surface area contributed by atoms with Crippen molar-refractivity contribution in [3.05, 3.63) is 70.1 Å². The zero-order valence-corrected chi connectivity index (χ0v) is 15.9. The first kappa shape index (κ1) is 18.1. The number of benzene rings is 2. The minimum atomic E-state index is -0.459. The van der Waals surface area contributed by atoms with E-state index in [-0.39, 0.29) is 12.5 Å². The Morgan fingerprint density at radius 1 is 1.08 bits per heavy atom. The fraction of sp³-hybridized carbons (Fsp3) is 0.238. The smallest absolute Gasteiger partial charge is 0.348 e. The number of thiophene rings is 1. The quantitative estimate of drug-likeness (QED) is 0.631. The summed E-state index contributed by atoms with van der Waals surface area (Å²) in [5.41, 5.74) is 3.42. The number of hydrogen-bond acceptors (Lipinski definition) is 4. The van der Waals surface area contributed by atoms with Crippen molar-refractivity contribution in [1.29, 1.82) is 0 Å². The molecule has 4 nitrogen and oxygen atoms in total. The SMILES string of the molecule is Cc1ccc(CN(C)C(=O)COC(=O)c2cc3ccccc3s2)c(C)c1. The van der Waals surface area contributed by atoms with Crippen LogP contribution in [-0.2, 0) is 16.1 Å². The second-order valence-electron chi connectivity index (χ2n) is 6.40. The summed E-state index contributed by atoms with van der Waals surface area (Å²) in [6, 6.07) is 15.7. The normalized spacial score (nSPS) is 10.7. The summed E-state index contributed by atoms with van der Waals surface area (Å²) in [7, 11) is 1.72. The van der Waals surface area contributed by atoms with Crippen molar-refractivity contribution in [1.82, 2.24) is 4.90 Å². The van der Waals surface area contributed by atoms with Crippen molar-refractivity contribution in [2.24, 2.45) is 0 Å². The van der Waals surface area contributed by atoms with Gasteiger partial charge in [-0.25, -0.2) is 4.79 Å². The van der Waals surface area contributed by atoms with Gasteiger partial charge in [0.1, 0.15) is 4.88 Å². The first-order valence-electron chi connectivity index (χ1n) is 8.40. The van der Waals surface area contributed by atoms with Crippen molar-refractivity contribution in [2.45, 2.75) is 20.4 Å². The van der Waals surface area contributed by atoms with Gasteiger partial charge < -0.3 is 9.64 Å². The number of ether oxygens (including phenoxy) is 1. The zero-order chi connectivity index (χ0) is 18.7. The van der Waals surface area contributed by atoms with Gasteiger partial charge in [0, 0.05) is 18.3 Å². The average molecular weight is 367 g/mol. The summed E-state index contributed by atoms with van der Waals surface area (Å²) in [6.45, 7) is 4.31. The zero-order valence-electron chi connectivity index (χ0n) is 15.1. The van der Waals surface area contributed by atoms with Crippen LogP contribution in [0.1, 0.15) is 26.4 Å². The maximum Gasteiger partial charge on any atom is 0.348 e. The number of carbonyl (C=O) groups is 2. The molecule has 5 heteroatoms. The number of carbonyl (C=O) groups excluding carboxylic acids is 2. The highest BCUT2D eigenvalue weighted by Crippen LogP contribution is 2.25. The maximum atomic E-state index is 12.3. The van der Waals surface area contributed by atoms with Crippen molar-refractivity contribution >= 4 is 33.3 Å². The van der Waals surface area contributed by atoms with Crippen molar-refractivity contribution in [2.75, 3.05) is 13.7 Å². The molecule has 1 heterocycles. The van der Waals surface area contributed by atoms with Crippen molar-refractivity contribution in [3.8, 4) is 0 Å². The molecule has 134 valence electrons. The third-order valence-corrected chi connectivity index (χ3v) is 5.38. The molecule has 0 spiro atoms. The van der Waals surface area contributed by atoms with E-state index in [2.05, 4.69) is 6.07 Å². The lowest BCUT2D eigenvalue weighted by Crippen LogP contribution is -2.31. The van der Waals surface area contributed by atoms with Crippen LogP contribution in [0.5, 0.6) is 0 Å². The number of likely N-dealkylation sites (N-methyl/N-ethyl adjacent to an activating group) is 1. The number of esters is 1. The molecule has 26 heavy (non-hydrogen) atoms. The lowest BCUT2D eigenvalue weighted by atomic mass is 10.1. The molecule has 1 amide bonds. The molecule has 0 saturated carbocycles. The molecule has 0 atom stereocenters. The van der Waals surface area contributed by atoms with Crippen molar-refractivity contribution in [3.63, 3.8) is 0 Å². The molecule has 0 saturated heterocycles. The molecular weight excluding hydrogens is 346 g/mol. The highest BCUT2D eigenvalue weighted by atomic mass is 32.1. The molecule has 0 N–H and O–H groups in total. The van der Waals surface area contributed by atoms with E-state index in [1.54, 1.807) is 18.0 Å². The van der Waals surface area contributed by atoms with E-state index in [1.807, 2.05) is 50.2 Å². The first-order valence-corrected chi connectivity index (χ1v) is 9.21. The van der Waals surface area contributed by atoms with Gasteiger partial charge in [0.15, 0.2) is 6.61 Å². The molecule has 0 aliphatic rings. The van der Waals surface area contributed by atoms with Gasteiger partial charge in [-0.2, -0.15) is 0 Å². The fourth-order valence-electron chi connectivity index (χ4n) is 2.76. The van der Waals surface area contributed by atoms with E-state index >= 15 is 0 Å². The van der Waals surface area contributed by atoms with Crippen LogP contribution in [-0.4, -0.2) is 30.4 Å². The maximum absolute atomic E-state index is 12.3. The molecule has 0 aliphatic carbocycles. The number of aryl methyl sites for hydroxylation is 2. The topological polar surface area (TPSA) is 46.6 Å². The average Bonchev–Trinajstić information content (AvgIpc) is 3.06. The van der Waals surface area contributed by atoms with Crippen LogP contribution in [0.25, 0.3) is 10.1 Å². The molecule has 3 rings (SSSR count). The summed E-state index contributed by atoms with van der Waals surface area (Å²) in [4.78, 5) is 26.6. The van der Waals surface area contributed by atoms with Crippen LogP contribution >= 0.6 is 11.3 Å². The van der Waals surface area contributed by atoms with Crippen LogP contribution in [0.3, 0.4) is 0 Å². The minimum Gasteiger partial charge on any atom is -0.451 e. The van der Waals surface area contributed by atoms with E-state index < -0.39 is 5.97 Å². The van der Waals surface area contributed by atoms with Gasteiger partial charge in [0.05, 0.1) is 0 Å². The Morgan fingerprint density at radius 3 is 2.58 bits per heavy atom. The largest absolute Gasteiger partial charge is 0.451 e. The summed E-state index contributed by atoms with van der Waals surface area (Å²) in [5, 5.41) is 1.00. The number of nitrogens with zero attached hydrogens (tertiary/aromatic N) is 1. The van der Waals surface area contributed by atoms with E-state index in [9.17, 15) is 9.59 Å². The van der Waals surface area contributed by atoms with Gasteiger partial charge >= 0.3 is 5.97 Å². The fourth-order valence-corrected chi connectivity index (χ4v) is 3.71. The molecule has 2 aromatic carbocycles. The van der Waals surface area contributed by atoms with E-state index in [1.165, 1.54) is 16.9 Å². The standard InChI is InChI=1S/C21H21NO3S/c1-14-8-9-17(15(2)10-14)12-22(3)20(23)13-25-21(24)19-11-16-6-4-5-7-18(16)26-19/h4-11H,12-13H2,1-3H3. The van der Waals surface area contributed by atoms with Crippen molar-refractivity contribution < 1.29 is 14.3 Å². The first-order chi connectivity index (χ1) is 12.4. The van der Waals surface area contributed by atoms with Gasteiger partial charge in [-0.3, -0.25) is 4.79 Å². The molecule has 3 aromatic rings. The van der Waals surface area contributed by atoms with Crippen LogP contribution in [0.15, 0.2) is 48.5 Å². The predicted octanol–water partition coefficient (Wildman–Crippen LogP) is 4.33. The van der Waals surface area contributed by atoms with E-state index in [0.717, 1.165) is 21.2 Å². The lowest BCUT2D eigenvalue weighted by Gasteiger charge is -2.18. The highest BCUT2D eigenvalue weighted by molar-refractivity contribution is 7.20. The van der Waals surface area contributed by atoms with Crippen LogP contribution < -0.4 is 0 Å². The molecule has 0 bridgehead atoms. The molecule has 0 radical (unpaired) electrons. The highest BCUT2D eigenvalue weighted by Gasteiger charge is 2.16. The molecule has 0 aliphatic heterocycles. The summed E-state index contributed by atoms with van der Waals surface area (Å²) >= 11 is 1.37. The number of hydrogen-bond donors (Lipinski definition) is 0. The Balaban J connectivity index is 1.58. The van der Waals surface area contributed by atoms with E-state index in [0.29, 0.717) is 11.4 Å². The van der Waals surface area contributed by atoms with Gasteiger partial charge in [-0.05, 0) is 42.5 Å². The minimum absolute atomic E-state index is 0.223. The lowest BCUT2D eigenvalue weighted by molar-refractivity contribution is -0.133. The van der Waals surface area contributed by atoms with Gasteiger partial charge in [0.25, 0.3) is 5.91 Å². The van der Waals surface area contributed by atoms with E-state index in [4.69, 9.17) is 4.74 Å². The third-order valence-electron chi connectivity index (χ3n) is 4.28. The Hall–Kier alpha value is -2.66. The van der Waals surface area contributed by atoms with Gasteiger partial charge in [-0.1, -0.05) is 42.0 Å². The Labute approximate surface area is 157 Å². The summed E-state index contributed by atoms with van der Waals surface area (Å²) in [6.07, 6.45) is 0. The van der Waals surface area contributed by atoms with Gasteiger partial charge in [-0.15, -0.1) is 11.3 Å². The van der Waals surface area contributed by atoms with Gasteiger partial charge in [0.2, 0.25) is 0 Å². The second-order valence-corrected chi connectivity index (χ2v) is 7.49. The monoisotopic (exact) mass is 367 g/mol. The number of rotatable bonds is 5. The van der Waals surface area contributed by atoms with Crippen LogP contribution in [0.4, 0.5) is 0 Å². The summed E-state index contributed by atoms with van der Waals surface area (Å²) in [5.74, 6) is -0.682. The summed E-state index contributed by atoms with van der Waals surface area (Å²) < 4.78 is 6.23. The Bertz CT molecular complexity index is 928. The Kier molecular flexibility index (Phi) is 5.38. The Morgan fingerprint density at radius 2 is 1.85 bits per heavy atom. The predicted molar refractivity (Wildman–Crippen MR) is 104 cm³/mol. The molecular formula is C21H21NO3S. The molecule has 0 fully saturated rings. The second kappa shape index (κ2) is 7.70. The molecule has 0 unspecified atom stereocenters. The number of amides is 1. The van der Waals surface area contributed by atoms with Crippen LogP contribution in [0.2, 0.25) is 0 Å². The van der Waals surface area contributed by atoms with Crippen LogP contribution in [0, 0.1) is 13.8 Å². The third kappa shape index (κ3) is 4.11. The molecule has 1 aromatic heterocycles. The number of fused-ring (bicyclic) bond motifs is 1.